The molecule has 0 bridgehead atoms. The van der Waals surface area contributed by atoms with Crippen LogP contribution < -0.4 is 10.6 Å². The highest BCUT2D eigenvalue weighted by Gasteiger charge is 2.10. The number of thiocarbonyl (C=S) groups is 1. The van der Waals surface area contributed by atoms with E-state index < -0.39 is 11.9 Å². The molecule has 1 rings (SSSR count). The number of esters is 1. The first kappa shape index (κ1) is 16.2. The number of anilines is 1. The summed E-state index contributed by atoms with van der Waals surface area (Å²) in [7, 11) is 1.24. The van der Waals surface area contributed by atoms with Crippen LogP contribution in [0.4, 0.5) is 5.69 Å². The van der Waals surface area contributed by atoms with Crippen molar-refractivity contribution in [2.75, 3.05) is 12.4 Å². The number of benzene rings is 1. The number of nitrogens with one attached hydrogen (secondary N) is 2. The number of hydrogen-bond acceptors (Lipinski definition) is 5. The second kappa shape index (κ2) is 7.66. The van der Waals surface area contributed by atoms with Crippen molar-refractivity contribution < 1.29 is 19.4 Å². The van der Waals surface area contributed by atoms with E-state index in [1.54, 1.807) is 0 Å². The molecule has 0 aliphatic carbocycles. The summed E-state index contributed by atoms with van der Waals surface area (Å²) < 4.78 is 4.42. The van der Waals surface area contributed by atoms with Crippen molar-refractivity contribution in [2.24, 2.45) is 0 Å². The Balaban J connectivity index is 2.49. The Morgan fingerprint density at radius 2 is 2.10 bits per heavy atom. The van der Waals surface area contributed by atoms with Crippen molar-refractivity contribution in [3.8, 4) is 5.75 Å². The normalized spacial score (nSPS) is 9.70. The first-order valence-electron chi connectivity index (χ1n) is 5.58. The van der Waals surface area contributed by atoms with E-state index in [4.69, 9.17) is 23.8 Å². The van der Waals surface area contributed by atoms with Crippen LogP contribution in [-0.2, 0) is 14.3 Å². The molecule has 3 N–H and O–H groups in total. The average molecular weight is 317 g/mol. The van der Waals surface area contributed by atoms with E-state index in [0.717, 1.165) is 0 Å². The lowest BCUT2D eigenvalue weighted by Crippen LogP contribution is -2.34. The maximum Gasteiger partial charge on any atom is 0.306 e. The van der Waals surface area contributed by atoms with Crippen LogP contribution in [-0.4, -0.2) is 29.2 Å². The van der Waals surface area contributed by atoms with Gasteiger partial charge in [0, 0.05) is 11.4 Å². The van der Waals surface area contributed by atoms with Crippen molar-refractivity contribution in [3.05, 3.63) is 23.2 Å². The van der Waals surface area contributed by atoms with Crippen LogP contribution in [0.1, 0.15) is 12.8 Å². The lowest BCUT2D eigenvalue weighted by molar-refractivity contribution is -0.142. The third-order valence-electron chi connectivity index (χ3n) is 2.24. The molecule has 1 amide bonds. The first-order chi connectivity index (χ1) is 9.42. The van der Waals surface area contributed by atoms with Gasteiger partial charge >= 0.3 is 5.97 Å². The van der Waals surface area contributed by atoms with E-state index in [1.165, 1.54) is 25.3 Å². The van der Waals surface area contributed by atoms with Crippen molar-refractivity contribution in [1.29, 1.82) is 0 Å². The molecule has 1 aromatic carbocycles. The summed E-state index contributed by atoms with van der Waals surface area (Å²) in [5.74, 6) is -0.971. The molecule has 1 aromatic rings. The van der Waals surface area contributed by atoms with Gasteiger partial charge in [0.25, 0.3) is 0 Å². The Bertz CT molecular complexity index is 536. The number of carbonyl (C=O) groups is 2. The van der Waals surface area contributed by atoms with Gasteiger partial charge in [-0.2, -0.15) is 0 Å². The second-order valence-corrected chi connectivity index (χ2v) is 4.58. The smallest absolute Gasteiger partial charge is 0.306 e. The number of rotatable bonds is 4. The molecule has 0 spiro atoms. The number of hydrogen-bond donors (Lipinski definition) is 3. The monoisotopic (exact) mass is 316 g/mol. The zero-order valence-corrected chi connectivity index (χ0v) is 12.2. The van der Waals surface area contributed by atoms with Crippen LogP contribution in [0.5, 0.6) is 5.75 Å². The molecule has 0 radical (unpaired) electrons. The molecule has 0 saturated carbocycles. The van der Waals surface area contributed by atoms with E-state index in [9.17, 15) is 14.7 Å². The van der Waals surface area contributed by atoms with Gasteiger partial charge in [0.15, 0.2) is 5.11 Å². The molecule has 0 aliphatic heterocycles. The number of amides is 1. The van der Waals surface area contributed by atoms with Crippen LogP contribution in [0, 0.1) is 0 Å². The summed E-state index contributed by atoms with van der Waals surface area (Å²) in [5, 5.41) is 15.0. The van der Waals surface area contributed by atoms with Crippen molar-refractivity contribution in [1.82, 2.24) is 5.32 Å². The molecule has 0 unspecified atom stereocenters. The van der Waals surface area contributed by atoms with Gasteiger partial charge in [0.1, 0.15) is 5.75 Å². The topological polar surface area (TPSA) is 87.7 Å². The Labute approximate surface area is 126 Å². The average Bonchev–Trinajstić information content (AvgIpc) is 2.40. The number of carbonyl (C=O) groups excluding carboxylic acids is 2. The SMILES string of the molecule is COC(=O)CCC(=O)NC(=S)Nc1cc(Cl)ccc1O. The lowest BCUT2D eigenvalue weighted by atomic mass is 10.3. The third kappa shape index (κ3) is 5.41. The summed E-state index contributed by atoms with van der Waals surface area (Å²) >= 11 is 10.7. The molecule has 0 aromatic heterocycles. The number of phenolic OH excluding ortho intramolecular Hbond substituents is 1. The van der Waals surface area contributed by atoms with Crippen molar-refractivity contribution >= 4 is 46.5 Å². The van der Waals surface area contributed by atoms with Gasteiger partial charge in [-0.3, -0.25) is 9.59 Å². The number of aromatic hydroxyl groups is 1. The van der Waals surface area contributed by atoms with Gasteiger partial charge < -0.3 is 20.5 Å². The fourth-order valence-electron chi connectivity index (χ4n) is 1.27. The lowest BCUT2D eigenvalue weighted by Gasteiger charge is -2.10. The van der Waals surface area contributed by atoms with Crippen LogP contribution in [0.2, 0.25) is 5.02 Å². The molecule has 0 aliphatic rings. The summed E-state index contributed by atoms with van der Waals surface area (Å²) in [5.41, 5.74) is 0.274. The first-order valence-corrected chi connectivity index (χ1v) is 6.37. The van der Waals surface area contributed by atoms with Crippen LogP contribution >= 0.6 is 23.8 Å². The zero-order chi connectivity index (χ0) is 15.1. The molecule has 20 heavy (non-hydrogen) atoms. The van der Waals surface area contributed by atoms with E-state index in [0.29, 0.717) is 5.02 Å². The minimum Gasteiger partial charge on any atom is -0.506 e. The van der Waals surface area contributed by atoms with Crippen LogP contribution in [0.3, 0.4) is 0 Å². The van der Waals surface area contributed by atoms with E-state index in [-0.39, 0.29) is 29.4 Å². The maximum absolute atomic E-state index is 11.5. The van der Waals surface area contributed by atoms with E-state index in [2.05, 4.69) is 15.4 Å². The molecule has 0 heterocycles. The fraction of sp³-hybridized carbons (Fsp3) is 0.250. The summed E-state index contributed by atoms with van der Waals surface area (Å²) in [6.45, 7) is 0. The molecule has 6 nitrogen and oxygen atoms in total. The zero-order valence-electron chi connectivity index (χ0n) is 10.6. The fourth-order valence-corrected chi connectivity index (χ4v) is 1.66. The molecule has 0 atom stereocenters. The van der Waals surface area contributed by atoms with Gasteiger partial charge in [0.2, 0.25) is 5.91 Å². The van der Waals surface area contributed by atoms with Crippen LogP contribution in [0.15, 0.2) is 18.2 Å². The van der Waals surface area contributed by atoms with Gasteiger partial charge in [-0.25, -0.2) is 0 Å². The van der Waals surface area contributed by atoms with Gasteiger partial charge in [-0.15, -0.1) is 0 Å². The van der Waals surface area contributed by atoms with Gasteiger partial charge in [-0.1, -0.05) is 11.6 Å². The van der Waals surface area contributed by atoms with Gasteiger partial charge in [0.05, 0.1) is 19.2 Å². The Morgan fingerprint density at radius 1 is 1.40 bits per heavy atom. The second-order valence-electron chi connectivity index (χ2n) is 3.74. The summed E-state index contributed by atoms with van der Waals surface area (Å²) in [6, 6.07) is 4.37. The minimum absolute atomic E-state index is 0.00238. The quantitative estimate of drug-likeness (QED) is 0.446. The number of methoxy groups -OCH3 is 1. The molecular formula is C12H13ClN2O4S. The van der Waals surface area contributed by atoms with Crippen LogP contribution in [0.25, 0.3) is 0 Å². The highest BCUT2D eigenvalue weighted by molar-refractivity contribution is 7.80. The molecule has 108 valence electrons. The number of halogens is 1. The summed E-state index contributed by atoms with van der Waals surface area (Å²) in [4.78, 5) is 22.4. The predicted octanol–water partition coefficient (Wildman–Crippen LogP) is 1.81. The van der Waals surface area contributed by atoms with Crippen molar-refractivity contribution in [3.63, 3.8) is 0 Å². The van der Waals surface area contributed by atoms with E-state index in [1.807, 2.05) is 0 Å². The summed E-state index contributed by atoms with van der Waals surface area (Å²) in [6.07, 6.45) is -0.0800. The minimum atomic E-state index is -0.480. The predicted molar refractivity (Wildman–Crippen MR) is 78.7 cm³/mol. The largest absolute Gasteiger partial charge is 0.506 e. The van der Waals surface area contributed by atoms with Crippen molar-refractivity contribution in [2.45, 2.75) is 12.8 Å². The molecule has 8 heteroatoms. The number of phenols is 1. The Morgan fingerprint density at radius 3 is 2.75 bits per heavy atom. The maximum atomic E-state index is 11.5. The molecular weight excluding hydrogens is 304 g/mol. The molecule has 0 fully saturated rings. The Hall–Kier alpha value is -1.86. The highest BCUT2D eigenvalue weighted by atomic mass is 35.5. The third-order valence-corrected chi connectivity index (χ3v) is 2.68. The standard InChI is InChI=1S/C12H13ClN2O4S/c1-19-11(18)5-4-10(17)15-12(20)14-8-6-7(13)2-3-9(8)16/h2-3,6,16H,4-5H2,1H3,(H2,14,15,17,20). The molecule has 0 saturated heterocycles. The Kier molecular flexibility index (Phi) is 6.20. The highest BCUT2D eigenvalue weighted by Crippen LogP contribution is 2.26. The van der Waals surface area contributed by atoms with Gasteiger partial charge in [-0.05, 0) is 30.4 Å². The number of ether oxygens (including phenoxy) is 1. The van der Waals surface area contributed by atoms with E-state index >= 15 is 0 Å².